The molecule has 1 aromatic heterocycles. The fraction of sp³-hybridized carbons (Fsp3) is 0.448. The molecular formula is C29H38N4O4. The Labute approximate surface area is 218 Å². The summed E-state index contributed by atoms with van der Waals surface area (Å²) in [6, 6.07) is 11.6. The van der Waals surface area contributed by atoms with E-state index >= 15 is 0 Å². The lowest BCUT2D eigenvalue weighted by atomic mass is 9.94. The number of carbonyl (C=O) groups is 1. The van der Waals surface area contributed by atoms with Gasteiger partial charge in [-0.05, 0) is 56.4 Å². The van der Waals surface area contributed by atoms with Crippen molar-refractivity contribution >= 4 is 6.09 Å². The number of hydrogen-bond donors (Lipinski definition) is 3. The molecule has 0 spiro atoms. The van der Waals surface area contributed by atoms with Gasteiger partial charge in [0.1, 0.15) is 22.8 Å². The van der Waals surface area contributed by atoms with Crippen LogP contribution in [0.4, 0.5) is 4.79 Å². The van der Waals surface area contributed by atoms with Gasteiger partial charge in [-0.25, -0.2) is 4.79 Å². The molecule has 0 aliphatic carbocycles. The summed E-state index contributed by atoms with van der Waals surface area (Å²) in [5.74, 6) is 0.186. The largest absolute Gasteiger partial charge is 0.508 e. The zero-order valence-electron chi connectivity index (χ0n) is 22.6. The van der Waals surface area contributed by atoms with E-state index in [4.69, 9.17) is 4.74 Å². The van der Waals surface area contributed by atoms with E-state index in [-0.39, 0.29) is 23.5 Å². The molecule has 3 aromatic rings. The first-order valence-corrected chi connectivity index (χ1v) is 12.8. The second-order valence-electron chi connectivity index (χ2n) is 11.1. The number of ether oxygens (including phenoxy) is 1. The lowest BCUT2D eigenvalue weighted by Crippen LogP contribution is -2.49. The molecule has 1 saturated heterocycles. The number of nitrogens with zero attached hydrogens (tertiary/aromatic N) is 3. The van der Waals surface area contributed by atoms with Crippen LogP contribution in [0.5, 0.6) is 11.5 Å². The Hall–Kier alpha value is -3.52. The first-order valence-electron chi connectivity index (χ1n) is 12.8. The topological polar surface area (TPSA) is 102 Å². The molecule has 3 N–H and O–H groups in total. The molecule has 0 unspecified atom stereocenters. The SMILES string of the molecule is Cc1[nH]nc(-c2cc(C(C)C)c(O)cc2O)c1-c1ccc(CN2CCN(C(=O)OC(C)(C)C)CC2)cc1. The molecule has 1 aliphatic heterocycles. The van der Waals surface area contributed by atoms with Gasteiger partial charge in [-0.3, -0.25) is 10.00 Å². The number of aryl methyl sites for hydroxylation is 1. The van der Waals surface area contributed by atoms with Crippen molar-refractivity contribution in [3.8, 4) is 33.9 Å². The number of hydrogen-bond acceptors (Lipinski definition) is 6. The fourth-order valence-corrected chi connectivity index (χ4v) is 4.67. The van der Waals surface area contributed by atoms with E-state index in [1.807, 2.05) is 47.6 Å². The highest BCUT2D eigenvalue weighted by Gasteiger charge is 2.26. The summed E-state index contributed by atoms with van der Waals surface area (Å²) in [5, 5.41) is 28.4. The van der Waals surface area contributed by atoms with Crippen LogP contribution >= 0.6 is 0 Å². The van der Waals surface area contributed by atoms with Crippen molar-refractivity contribution < 1.29 is 19.7 Å². The van der Waals surface area contributed by atoms with Gasteiger partial charge >= 0.3 is 6.09 Å². The molecular weight excluding hydrogens is 468 g/mol. The number of H-pyrrole nitrogens is 1. The molecule has 198 valence electrons. The van der Waals surface area contributed by atoms with Gasteiger partial charge in [0, 0.05) is 55.6 Å². The van der Waals surface area contributed by atoms with Crippen molar-refractivity contribution in [2.45, 2.75) is 59.6 Å². The molecule has 2 heterocycles. The van der Waals surface area contributed by atoms with Crippen molar-refractivity contribution in [2.75, 3.05) is 26.2 Å². The predicted octanol–water partition coefficient (Wildman–Crippen LogP) is 5.64. The first-order chi connectivity index (χ1) is 17.4. The number of aromatic amines is 1. The highest BCUT2D eigenvalue weighted by atomic mass is 16.6. The summed E-state index contributed by atoms with van der Waals surface area (Å²) < 4.78 is 5.49. The van der Waals surface area contributed by atoms with E-state index in [9.17, 15) is 15.0 Å². The fourth-order valence-electron chi connectivity index (χ4n) is 4.67. The van der Waals surface area contributed by atoms with Gasteiger partial charge in [0.15, 0.2) is 0 Å². The summed E-state index contributed by atoms with van der Waals surface area (Å²) in [4.78, 5) is 16.4. The highest BCUT2D eigenvalue weighted by Crippen LogP contribution is 2.41. The van der Waals surface area contributed by atoms with Gasteiger partial charge in [0.2, 0.25) is 0 Å². The van der Waals surface area contributed by atoms with Crippen LogP contribution in [0.3, 0.4) is 0 Å². The van der Waals surface area contributed by atoms with Crippen molar-refractivity contribution in [1.29, 1.82) is 0 Å². The second kappa shape index (κ2) is 10.5. The van der Waals surface area contributed by atoms with Crippen molar-refractivity contribution in [1.82, 2.24) is 20.0 Å². The van der Waals surface area contributed by atoms with E-state index in [0.29, 0.717) is 24.3 Å². The van der Waals surface area contributed by atoms with Gasteiger partial charge in [0.25, 0.3) is 0 Å². The standard InChI is InChI=1S/C29H38N4O4/c1-18(2)22-15-23(25(35)16-24(22)34)27-26(19(3)30-31-27)21-9-7-20(8-10-21)17-32-11-13-33(14-12-32)28(36)37-29(4,5)6/h7-10,15-16,18,34-35H,11-14,17H2,1-6H3,(H,30,31). The molecule has 0 saturated carbocycles. The monoisotopic (exact) mass is 506 g/mol. The Morgan fingerprint density at radius 3 is 2.30 bits per heavy atom. The van der Waals surface area contributed by atoms with E-state index in [0.717, 1.165) is 42.0 Å². The van der Waals surface area contributed by atoms with Crippen LogP contribution in [0.15, 0.2) is 36.4 Å². The summed E-state index contributed by atoms with van der Waals surface area (Å²) >= 11 is 0. The third-order valence-corrected chi connectivity index (χ3v) is 6.64. The molecule has 8 nitrogen and oxygen atoms in total. The molecule has 4 rings (SSSR count). The number of rotatable bonds is 5. The Morgan fingerprint density at radius 2 is 1.70 bits per heavy atom. The number of nitrogens with one attached hydrogen (secondary N) is 1. The number of piperazine rings is 1. The van der Waals surface area contributed by atoms with Crippen molar-refractivity contribution in [3.05, 3.63) is 53.2 Å². The van der Waals surface area contributed by atoms with Crippen LogP contribution in [0.2, 0.25) is 0 Å². The molecule has 0 atom stereocenters. The maximum Gasteiger partial charge on any atom is 0.410 e. The molecule has 1 aliphatic rings. The minimum absolute atomic E-state index is 0.00297. The number of phenolic OH excluding ortho intramolecular Hbond substituents is 2. The molecule has 0 radical (unpaired) electrons. The molecule has 1 fully saturated rings. The minimum Gasteiger partial charge on any atom is -0.508 e. The number of carbonyl (C=O) groups excluding carboxylic acids is 1. The zero-order valence-corrected chi connectivity index (χ0v) is 22.6. The van der Waals surface area contributed by atoms with E-state index < -0.39 is 5.60 Å². The first kappa shape index (κ1) is 26.5. The average molecular weight is 507 g/mol. The van der Waals surface area contributed by atoms with Crippen molar-refractivity contribution in [3.63, 3.8) is 0 Å². The van der Waals surface area contributed by atoms with Crippen LogP contribution in [0, 0.1) is 6.92 Å². The quantitative estimate of drug-likeness (QED) is 0.414. The minimum atomic E-state index is -0.485. The number of phenols is 2. The lowest BCUT2D eigenvalue weighted by Gasteiger charge is -2.35. The summed E-state index contributed by atoms with van der Waals surface area (Å²) in [7, 11) is 0. The Bertz CT molecular complexity index is 1250. The zero-order chi connectivity index (χ0) is 26.9. The average Bonchev–Trinajstić information content (AvgIpc) is 3.20. The van der Waals surface area contributed by atoms with Gasteiger partial charge in [-0.15, -0.1) is 0 Å². The number of amides is 1. The van der Waals surface area contributed by atoms with E-state index in [2.05, 4.69) is 39.4 Å². The number of benzene rings is 2. The van der Waals surface area contributed by atoms with Crippen LogP contribution in [-0.4, -0.2) is 68.1 Å². The Balaban J connectivity index is 1.47. The van der Waals surface area contributed by atoms with Gasteiger partial charge in [-0.2, -0.15) is 5.10 Å². The summed E-state index contributed by atoms with van der Waals surface area (Å²) in [6.07, 6.45) is -0.247. The summed E-state index contributed by atoms with van der Waals surface area (Å²) in [5.41, 5.74) is 5.54. The Kier molecular flexibility index (Phi) is 7.50. The van der Waals surface area contributed by atoms with Crippen LogP contribution in [0.25, 0.3) is 22.4 Å². The molecule has 37 heavy (non-hydrogen) atoms. The van der Waals surface area contributed by atoms with Gasteiger partial charge in [0.05, 0.1) is 0 Å². The predicted molar refractivity (Wildman–Crippen MR) is 145 cm³/mol. The smallest absolute Gasteiger partial charge is 0.410 e. The maximum absolute atomic E-state index is 12.3. The van der Waals surface area contributed by atoms with Gasteiger partial charge in [-0.1, -0.05) is 38.1 Å². The molecule has 8 heteroatoms. The molecule has 2 aromatic carbocycles. The third kappa shape index (κ3) is 6.07. The lowest BCUT2D eigenvalue weighted by molar-refractivity contribution is 0.0139. The van der Waals surface area contributed by atoms with E-state index in [1.54, 1.807) is 4.90 Å². The van der Waals surface area contributed by atoms with E-state index in [1.165, 1.54) is 11.6 Å². The van der Waals surface area contributed by atoms with Gasteiger partial charge < -0.3 is 19.8 Å². The molecule has 1 amide bonds. The third-order valence-electron chi connectivity index (χ3n) is 6.64. The number of aromatic nitrogens is 2. The highest BCUT2D eigenvalue weighted by molar-refractivity contribution is 5.85. The summed E-state index contributed by atoms with van der Waals surface area (Å²) in [6.45, 7) is 15.3. The Morgan fingerprint density at radius 1 is 1.05 bits per heavy atom. The maximum atomic E-state index is 12.3. The second-order valence-corrected chi connectivity index (χ2v) is 11.1. The number of aromatic hydroxyl groups is 2. The van der Waals surface area contributed by atoms with Crippen LogP contribution in [-0.2, 0) is 11.3 Å². The normalized spacial score (nSPS) is 14.8. The van der Waals surface area contributed by atoms with Crippen LogP contribution < -0.4 is 0 Å². The van der Waals surface area contributed by atoms with Crippen LogP contribution in [0.1, 0.15) is 57.4 Å². The van der Waals surface area contributed by atoms with Crippen molar-refractivity contribution in [2.24, 2.45) is 0 Å². The molecule has 0 bridgehead atoms.